The Morgan fingerprint density at radius 2 is 1.88 bits per heavy atom. The van der Waals surface area contributed by atoms with Gasteiger partial charge in [-0.15, -0.1) is 0 Å². The predicted molar refractivity (Wildman–Crippen MR) is 88.1 cm³/mol. The lowest BCUT2D eigenvalue weighted by atomic mass is 10.1. The second-order valence-electron chi connectivity index (χ2n) is 5.89. The Morgan fingerprint density at radius 3 is 2.44 bits per heavy atom. The molecule has 25 heavy (non-hydrogen) atoms. The third kappa shape index (κ3) is 3.89. The molecule has 0 atom stereocenters. The first-order chi connectivity index (χ1) is 11.7. The Hall–Kier alpha value is -2.23. The first-order valence-corrected chi connectivity index (χ1v) is 9.40. The van der Waals surface area contributed by atoms with E-state index in [0.717, 1.165) is 12.1 Å². The topological polar surface area (TPSA) is 81.2 Å². The Balaban J connectivity index is 1.98. The zero-order chi connectivity index (χ0) is 18.2. The van der Waals surface area contributed by atoms with Crippen molar-refractivity contribution in [3.05, 3.63) is 41.7 Å². The SMILES string of the molecule is Nc1nccn1Cc1ccc(C(F)(F)F)cc1N1CCS(=O)(=O)CC1. The molecule has 1 aromatic carbocycles. The molecule has 0 saturated carbocycles. The number of nitrogens with zero attached hydrogens (tertiary/aromatic N) is 3. The highest BCUT2D eigenvalue weighted by Crippen LogP contribution is 2.34. The van der Waals surface area contributed by atoms with E-state index in [2.05, 4.69) is 4.98 Å². The molecule has 1 aliphatic heterocycles. The average molecular weight is 374 g/mol. The minimum Gasteiger partial charge on any atom is -0.369 e. The van der Waals surface area contributed by atoms with Gasteiger partial charge in [-0.05, 0) is 17.7 Å². The van der Waals surface area contributed by atoms with E-state index in [9.17, 15) is 21.6 Å². The molecule has 2 aromatic rings. The number of alkyl halides is 3. The molecule has 1 aromatic heterocycles. The maximum atomic E-state index is 13.1. The molecule has 1 aliphatic rings. The number of anilines is 2. The Kier molecular flexibility index (Phi) is 4.40. The van der Waals surface area contributed by atoms with Crippen molar-refractivity contribution in [2.75, 3.05) is 35.2 Å². The molecule has 0 spiro atoms. The molecule has 6 nitrogen and oxygen atoms in total. The third-order valence-electron chi connectivity index (χ3n) is 4.19. The fraction of sp³-hybridized carbons (Fsp3) is 0.400. The van der Waals surface area contributed by atoms with Gasteiger partial charge in [0, 0.05) is 31.2 Å². The summed E-state index contributed by atoms with van der Waals surface area (Å²) in [5.41, 5.74) is 5.96. The molecule has 1 fully saturated rings. The molecule has 0 radical (unpaired) electrons. The number of sulfone groups is 1. The van der Waals surface area contributed by atoms with Crippen molar-refractivity contribution in [2.45, 2.75) is 12.7 Å². The minimum atomic E-state index is -4.47. The van der Waals surface area contributed by atoms with Crippen LogP contribution in [0.15, 0.2) is 30.6 Å². The van der Waals surface area contributed by atoms with Gasteiger partial charge in [0.05, 0.1) is 23.6 Å². The van der Waals surface area contributed by atoms with Crippen molar-refractivity contribution in [2.24, 2.45) is 0 Å². The average Bonchev–Trinajstić information content (AvgIpc) is 2.92. The summed E-state index contributed by atoms with van der Waals surface area (Å²) in [6, 6.07) is 3.49. The lowest BCUT2D eigenvalue weighted by Gasteiger charge is -2.31. The van der Waals surface area contributed by atoms with Gasteiger partial charge in [-0.3, -0.25) is 0 Å². The second kappa shape index (κ2) is 6.25. The van der Waals surface area contributed by atoms with Gasteiger partial charge in [0.1, 0.15) is 0 Å². The van der Waals surface area contributed by atoms with Crippen LogP contribution < -0.4 is 10.6 Å². The first-order valence-electron chi connectivity index (χ1n) is 7.58. The molecule has 2 N–H and O–H groups in total. The molecular weight excluding hydrogens is 357 g/mol. The molecule has 2 heterocycles. The van der Waals surface area contributed by atoms with Crippen LogP contribution in [0.5, 0.6) is 0 Å². The van der Waals surface area contributed by atoms with Crippen molar-refractivity contribution in [1.82, 2.24) is 9.55 Å². The smallest absolute Gasteiger partial charge is 0.369 e. The van der Waals surface area contributed by atoms with Gasteiger partial charge in [0.25, 0.3) is 0 Å². The highest BCUT2D eigenvalue weighted by Gasteiger charge is 2.32. The molecule has 10 heteroatoms. The van der Waals surface area contributed by atoms with E-state index in [4.69, 9.17) is 5.73 Å². The van der Waals surface area contributed by atoms with E-state index in [1.54, 1.807) is 15.7 Å². The summed E-state index contributed by atoms with van der Waals surface area (Å²) in [7, 11) is -3.13. The Bertz CT molecular complexity index is 863. The number of hydrogen-bond donors (Lipinski definition) is 1. The number of nitrogen functional groups attached to an aromatic ring is 1. The van der Waals surface area contributed by atoms with Gasteiger partial charge in [-0.25, -0.2) is 13.4 Å². The highest BCUT2D eigenvalue weighted by atomic mass is 32.2. The van der Waals surface area contributed by atoms with Crippen LogP contribution in [-0.4, -0.2) is 42.6 Å². The first kappa shape index (κ1) is 17.6. The zero-order valence-corrected chi connectivity index (χ0v) is 14.0. The summed E-state index contributed by atoms with van der Waals surface area (Å²) in [6.45, 7) is 0.578. The highest BCUT2D eigenvalue weighted by molar-refractivity contribution is 7.91. The van der Waals surface area contributed by atoms with Crippen molar-refractivity contribution < 1.29 is 21.6 Å². The van der Waals surface area contributed by atoms with Crippen LogP contribution >= 0.6 is 0 Å². The van der Waals surface area contributed by atoms with E-state index in [1.165, 1.54) is 12.3 Å². The van der Waals surface area contributed by atoms with Crippen molar-refractivity contribution >= 4 is 21.5 Å². The molecule has 136 valence electrons. The van der Waals surface area contributed by atoms with E-state index >= 15 is 0 Å². The Labute approximate surface area is 143 Å². The van der Waals surface area contributed by atoms with Crippen LogP contribution in [0, 0.1) is 0 Å². The van der Waals surface area contributed by atoms with Crippen LogP contribution in [0.4, 0.5) is 24.8 Å². The quantitative estimate of drug-likeness (QED) is 0.886. The van der Waals surface area contributed by atoms with Gasteiger partial charge in [-0.1, -0.05) is 6.07 Å². The van der Waals surface area contributed by atoms with Gasteiger partial charge < -0.3 is 15.2 Å². The number of hydrogen-bond acceptors (Lipinski definition) is 5. The Morgan fingerprint density at radius 1 is 1.20 bits per heavy atom. The van der Waals surface area contributed by atoms with Gasteiger partial charge in [-0.2, -0.15) is 13.2 Å². The predicted octanol–water partition coefficient (Wildman–Crippen LogP) is 1.77. The van der Waals surface area contributed by atoms with E-state index < -0.39 is 21.6 Å². The molecular formula is C15H17F3N4O2S. The summed E-state index contributed by atoms with van der Waals surface area (Å²) in [5, 5.41) is 0. The van der Waals surface area contributed by atoms with Gasteiger partial charge in [0.15, 0.2) is 15.8 Å². The third-order valence-corrected chi connectivity index (χ3v) is 5.80. The van der Waals surface area contributed by atoms with Crippen molar-refractivity contribution in [3.63, 3.8) is 0 Å². The normalized spacial score (nSPS) is 17.6. The minimum absolute atomic E-state index is 0.0735. The van der Waals surface area contributed by atoms with Crippen LogP contribution in [0.1, 0.15) is 11.1 Å². The summed E-state index contributed by atoms with van der Waals surface area (Å²) < 4.78 is 64.1. The van der Waals surface area contributed by atoms with Gasteiger partial charge >= 0.3 is 6.18 Å². The second-order valence-corrected chi connectivity index (χ2v) is 8.20. The van der Waals surface area contributed by atoms with Crippen LogP contribution in [-0.2, 0) is 22.6 Å². The summed E-state index contributed by atoms with van der Waals surface area (Å²) in [6.07, 6.45) is -1.33. The van der Waals surface area contributed by atoms with Crippen LogP contribution in [0.3, 0.4) is 0 Å². The lowest BCUT2D eigenvalue weighted by molar-refractivity contribution is -0.137. The fourth-order valence-electron chi connectivity index (χ4n) is 2.78. The molecule has 0 aliphatic carbocycles. The summed E-state index contributed by atoms with van der Waals surface area (Å²) in [4.78, 5) is 5.58. The van der Waals surface area contributed by atoms with Gasteiger partial charge in [0.2, 0.25) is 0 Å². The molecule has 1 saturated heterocycles. The van der Waals surface area contributed by atoms with E-state index in [0.29, 0.717) is 11.3 Å². The van der Waals surface area contributed by atoms with Crippen molar-refractivity contribution in [3.8, 4) is 0 Å². The van der Waals surface area contributed by atoms with Crippen molar-refractivity contribution in [1.29, 1.82) is 0 Å². The molecule has 0 unspecified atom stereocenters. The number of rotatable bonds is 3. The molecule has 3 rings (SSSR count). The lowest BCUT2D eigenvalue weighted by Crippen LogP contribution is -2.40. The number of nitrogens with two attached hydrogens (primary N) is 1. The summed E-state index contributed by atoms with van der Waals surface area (Å²) in [5.74, 6) is 0.110. The maximum Gasteiger partial charge on any atom is 0.416 e. The number of benzene rings is 1. The fourth-order valence-corrected chi connectivity index (χ4v) is 3.98. The number of halogens is 3. The van der Waals surface area contributed by atoms with Crippen LogP contribution in [0.25, 0.3) is 0 Å². The number of imidazole rings is 1. The van der Waals surface area contributed by atoms with Crippen LogP contribution in [0.2, 0.25) is 0 Å². The molecule has 0 bridgehead atoms. The van der Waals surface area contributed by atoms with E-state index in [1.807, 2.05) is 0 Å². The number of aromatic nitrogens is 2. The maximum absolute atomic E-state index is 13.1. The summed E-state index contributed by atoms with van der Waals surface area (Å²) >= 11 is 0. The molecule has 0 amide bonds. The monoisotopic (exact) mass is 374 g/mol. The van der Waals surface area contributed by atoms with E-state index in [-0.39, 0.29) is 37.1 Å². The standard InChI is InChI=1S/C15H17F3N4O2S/c16-15(17,18)12-2-1-11(10-22-4-3-20-14(22)19)13(9-12)21-5-7-25(23,24)8-6-21/h1-4,9H,5-8,10H2,(H2,19,20). The largest absolute Gasteiger partial charge is 0.416 e. The zero-order valence-electron chi connectivity index (χ0n) is 13.2.